The molecule has 1 aromatic carbocycles. The third-order valence-electron chi connectivity index (χ3n) is 7.15. The van der Waals surface area contributed by atoms with Gasteiger partial charge in [0, 0.05) is 39.8 Å². The number of aromatic nitrogens is 2. The maximum absolute atomic E-state index is 14.3. The quantitative estimate of drug-likeness (QED) is 0.436. The van der Waals surface area contributed by atoms with Crippen LogP contribution in [-0.4, -0.2) is 32.9 Å². The molecule has 3 N–H and O–H groups in total. The van der Waals surface area contributed by atoms with E-state index in [9.17, 15) is 19.1 Å². The van der Waals surface area contributed by atoms with Gasteiger partial charge in [0.2, 0.25) is 0 Å². The van der Waals surface area contributed by atoms with Crippen molar-refractivity contribution >= 4 is 28.6 Å². The summed E-state index contributed by atoms with van der Waals surface area (Å²) < 4.78 is 16.3. The first-order valence-electron chi connectivity index (χ1n) is 11.7. The molecular formula is C26H32FN3O3S. The Balaban J connectivity index is 1.69. The second-order valence-corrected chi connectivity index (χ2v) is 10.2. The van der Waals surface area contributed by atoms with Gasteiger partial charge < -0.3 is 20.0 Å². The van der Waals surface area contributed by atoms with Crippen molar-refractivity contribution in [1.29, 1.82) is 0 Å². The van der Waals surface area contributed by atoms with E-state index < -0.39 is 0 Å². The van der Waals surface area contributed by atoms with Gasteiger partial charge in [0.05, 0.1) is 17.2 Å². The fraction of sp³-hybridized carbons (Fsp3) is 0.462. The van der Waals surface area contributed by atoms with Crippen LogP contribution in [0.15, 0.2) is 34.0 Å². The van der Waals surface area contributed by atoms with Gasteiger partial charge in [-0.15, -0.1) is 11.8 Å². The number of amides is 1. The summed E-state index contributed by atoms with van der Waals surface area (Å²) in [5, 5.41) is 13.5. The van der Waals surface area contributed by atoms with Crippen molar-refractivity contribution < 1.29 is 14.3 Å². The maximum atomic E-state index is 14.3. The lowest BCUT2D eigenvalue weighted by molar-refractivity contribution is 0.0945. The predicted octanol–water partition coefficient (Wildman–Crippen LogP) is 4.85. The Hall–Kier alpha value is -2.58. The monoisotopic (exact) mass is 485 g/mol. The van der Waals surface area contributed by atoms with E-state index in [1.807, 2.05) is 26.2 Å². The van der Waals surface area contributed by atoms with E-state index in [0.29, 0.717) is 27.9 Å². The largest absolute Gasteiger partial charge is 0.393 e. The minimum Gasteiger partial charge on any atom is -0.393 e. The lowest BCUT2D eigenvalue weighted by atomic mass is 9.83. The van der Waals surface area contributed by atoms with Crippen LogP contribution in [0.3, 0.4) is 0 Å². The molecule has 1 fully saturated rings. The summed E-state index contributed by atoms with van der Waals surface area (Å²) in [6.07, 6.45) is 4.96. The highest BCUT2D eigenvalue weighted by Crippen LogP contribution is 2.38. The first-order chi connectivity index (χ1) is 16.2. The summed E-state index contributed by atoms with van der Waals surface area (Å²) in [6, 6.07) is 6.48. The summed E-state index contributed by atoms with van der Waals surface area (Å²) >= 11 is 1.47. The van der Waals surface area contributed by atoms with Crippen molar-refractivity contribution in [2.75, 3.05) is 6.26 Å². The molecular weight excluding hydrogens is 453 g/mol. The van der Waals surface area contributed by atoms with Crippen molar-refractivity contribution in [3.05, 3.63) is 63.0 Å². The summed E-state index contributed by atoms with van der Waals surface area (Å²) in [5.74, 6) is -0.293. The standard InChI is InChI=1S/C26H32FN3O3S/c1-14-11-23(34-4)21(25(32)29-14)13-28-26(33)24-16(3)30(22-12-18(27)7-10-20(22)24)15(2)17-5-8-19(31)9-6-17/h7,10-12,15,17,19,31H,5-6,8-9,13H2,1-4H3,(H,28,33)(H,29,32)/t15-,17?,19?/m1/s1. The topological polar surface area (TPSA) is 87.1 Å². The lowest BCUT2D eigenvalue weighted by Gasteiger charge is -2.32. The Kier molecular flexibility index (Phi) is 7.19. The molecule has 6 nitrogen and oxygen atoms in total. The van der Waals surface area contributed by atoms with E-state index in [1.165, 1.54) is 23.9 Å². The zero-order chi connectivity index (χ0) is 24.6. The van der Waals surface area contributed by atoms with Crippen molar-refractivity contribution in [3.8, 4) is 0 Å². The second-order valence-electron chi connectivity index (χ2n) is 9.31. The highest BCUT2D eigenvalue weighted by molar-refractivity contribution is 7.98. The van der Waals surface area contributed by atoms with E-state index in [4.69, 9.17) is 0 Å². The number of aromatic amines is 1. The molecule has 2 aromatic heterocycles. The van der Waals surface area contributed by atoms with E-state index in [2.05, 4.69) is 21.8 Å². The van der Waals surface area contributed by atoms with Gasteiger partial charge >= 0.3 is 0 Å². The molecule has 1 atom stereocenters. The van der Waals surface area contributed by atoms with Crippen molar-refractivity contribution in [1.82, 2.24) is 14.9 Å². The van der Waals surface area contributed by atoms with Crippen LogP contribution in [0, 0.1) is 25.6 Å². The molecule has 0 unspecified atom stereocenters. The number of carbonyl (C=O) groups excluding carboxylic acids is 1. The molecule has 0 aliphatic heterocycles. The number of pyridine rings is 1. The Morgan fingerprint density at radius 1 is 1.26 bits per heavy atom. The van der Waals surface area contributed by atoms with Gasteiger partial charge in [-0.2, -0.15) is 0 Å². The number of carbonyl (C=O) groups is 1. The average molecular weight is 486 g/mol. The third-order valence-corrected chi connectivity index (χ3v) is 7.95. The smallest absolute Gasteiger partial charge is 0.254 e. The number of hydrogen-bond donors (Lipinski definition) is 3. The van der Waals surface area contributed by atoms with Crippen LogP contribution in [0.25, 0.3) is 10.9 Å². The van der Waals surface area contributed by atoms with Gasteiger partial charge in [-0.05, 0) is 82.9 Å². The van der Waals surface area contributed by atoms with Crippen LogP contribution in [0.2, 0.25) is 0 Å². The molecule has 2 heterocycles. The molecule has 1 aliphatic carbocycles. The summed E-state index contributed by atoms with van der Waals surface area (Å²) in [7, 11) is 0. The molecule has 1 amide bonds. The SMILES string of the molecule is CSc1cc(C)[nH]c(=O)c1CNC(=O)c1c(C)n([C@H](C)C2CCC(O)CC2)c2cc(F)ccc12. The fourth-order valence-corrected chi connectivity index (χ4v) is 6.02. The molecule has 182 valence electrons. The number of rotatable bonds is 6. The number of nitrogens with one attached hydrogen (secondary N) is 2. The van der Waals surface area contributed by atoms with E-state index >= 15 is 0 Å². The summed E-state index contributed by atoms with van der Waals surface area (Å²) in [6.45, 7) is 5.94. The highest BCUT2D eigenvalue weighted by Gasteiger charge is 2.29. The Morgan fingerprint density at radius 3 is 2.65 bits per heavy atom. The number of halogens is 1. The number of aryl methyl sites for hydroxylation is 1. The lowest BCUT2D eigenvalue weighted by Crippen LogP contribution is -2.28. The molecule has 0 bridgehead atoms. The van der Waals surface area contributed by atoms with Crippen LogP contribution in [0.5, 0.6) is 0 Å². The van der Waals surface area contributed by atoms with Crippen LogP contribution in [0.1, 0.15) is 66.0 Å². The first-order valence-corrected chi connectivity index (χ1v) is 13.0. The minimum absolute atomic E-state index is 0.0568. The zero-order valence-corrected chi connectivity index (χ0v) is 20.9. The molecule has 1 saturated carbocycles. The minimum atomic E-state index is -0.347. The van der Waals surface area contributed by atoms with E-state index in [1.54, 1.807) is 6.07 Å². The number of benzene rings is 1. The van der Waals surface area contributed by atoms with Crippen molar-refractivity contribution in [2.24, 2.45) is 5.92 Å². The molecule has 3 aromatic rings. The van der Waals surface area contributed by atoms with Crippen molar-refractivity contribution in [2.45, 2.75) is 70.0 Å². The third kappa shape index (κ3) is 4.66. The fourth-order valence-electron chi connectivity index (χ4n) is 5.31. The number of hydrogen-bond acceptors (Lipinski definition) is 4. The molecule has 0 spiro atoms. The van der Waals surface area contributed by atoms with Gasteiger partial charge in [0.15, 0.2) is 0 Å². The van der Waals surface area contributed by atoms with Gasteiger partial charge in [0.1, 0.15) is 5.82 Å². The second kappa shape index (κ2) is 9.96. The van der Waals surface area contributed by atoms with Crippen LogP contribution in [0.4, 0.5) is 4.39 Å². The Morgan fingerprint density at radius 2 is 1.97 bits per heavy atom. The Labute approximate surface area is 203 Å². The number of aliphatic hydroxyl groups is 1. The molecule has 0 radical (unpaired) electrons. The van der Waals surface area contributed by atoms with Crippen LogP contribution in [-0.2, 0) is 6.54 Å². The molecule has 34 heavy (non-hydrogen) atoms. The number of aliphatic hydroxyl groups excluding tert-OH is 1. The molecule has 4 rings (SSSR count). The first kappa shape index (κ1) is 24.5. The van der Waals surface area contributed by atoms with Crippen LogP contribution >= 0.6 is 11.8 Å². The molecule has 0 saturated heterocycles. The highest BCUT2D eigenvalue weighted by atomic mass is 32.2. The Bertz CT molecular complexity index is 1270. The number of nitrogens with zero attached hydrogens (tertiary/aromatic N) is 1. The number of fused-ring (bicyclic) bond motifs is 1. The zero-order valence-electron chi connectivity index (χ0n) is 20.1. The molecule has 8 heteroatoms. The number of H-pyrrole nitrogens is 1. The van der Waals surface area contributed by atoms with Crippen LogP contribution < -0.4 is 10.9 Å². The van der Waals surface area contributed by atoms with Gasteiger partial charge in [-0.1, -0.05) is 0 Å². The van der Waals surface area contributed by atoms with E-state index in [-0.39, 0.29) is 36.0 Å². The number of thioether (sulfide) groups is 1. The van der Waals surface area contributed by atoms with E-state index in [0.717, 1.165) is 42.0 Å². The summed E-state index contributed by atoms with van der Waals surface area (Å²) in [4.78, 5) is 29.5. The maximum Gasteiger partial charge on any atom is 0.254 e. The molecule has 1 aliphatic rings. The average Bonchev–Trinajstić information content (AvgIpc) is 3.08. The predicted molar refractivity (Wildman–Crippen MR) is 134 cm³/mol. The van der Waals surface area contributed by atoms with Gasteiger partial charge in [-0.3, -0.25) is 9.59 Å². The summed E-state index contributed by atoms with van der Waals surface area (Å²) in [5.41, 5.74) is 3.06. The van der Waals surface area contributed by atoms with Gasteiger partial charge in [0.25, 0.3) is 11.5 Å². The van der Waals surface area contributed by atoms with Gasteiger partial charge in [-0.25, -0.2) is 4.39 Å². The van der Waals surface area contributed by atoms with Crippen molar-refractivity contribution in [3.63, 3.8) is 0 Å². The normalized spacial score (nSPS) is 19.4.